The summed E-state index contributed by atoms with van der Waals surface area (Å²) < 4.78 is 2.05. The number of carbonyl (C=O) groups is 1. The smallest absolute Gasteiger partial charge is 0.236 e. The number of anilines is 1. The maximum absolute atomic E-state index is 11.4. The van der Waals surface area contributed by atoms with Crippen LogP contribution in [0.2, 0.25) is 0 Å². The number of imidazole rings is 1. The largest absolute Gasteiger partial charge is 0.368 e. The van der Waals surface area contributed by atoms with Gasteiger partial charge in [0.15, 0.2) is 5.82 Å². The van der Waals surface area contributed by atoms with Crippen molar-refractivity contribution in [1.82, 2.24) is 14.7 Å². The summed E-state index contributed by atoms with van der Waals surface area (Å²) >= 11 is 0. The lowest BCUT2D eigenvalue weighted by molar-refractivity contribution is -0.116. The number of primary amides is 1. The molecule has 0 fully saturated rings. The summed E-state index contributed by atoms with van der Waals surface area (Å²) in [6, 6.07) is 5.90. The quantitative estimate of drug-likeness (QED) is 0.764. The van der Waals surface area contributed by atoms with Crippen molar-refractivity contribution in [3.63, 3.8) is 0 Å². The van der Waals surface area contributed by atoms with Crippen molar-refractivity contribution in [3.8, 4) is 0 Å². The number of pyridine rings is 1. The second-order valence-electron chi connectivity index (χ2n) is 5.08. The van der Waals surface area contributed by atoms with Crippen LogP contribution in [0.5, 0.6) is 0 Å². The Balaban J connectivity index is 2.44. The molecule has 0 radical (unpaired) electrons. The molecular formula is C15H23N5O. The third-order valence-corrected chi connectivity index (χ3v) is 3.38. The summed E-state index contributed by atoms with van der Waals surface area (Å²) in [6.45, 7) is 3.78. The van der Waals surface area contributed by atoms with Gasteiger partial charge in [0.1, 0.15) is 5.65 Å². The molecule has 2 rings (SSSR count). The number of carbonyl (C=O) groups excluding carboxylic acids is 1. The second kappa shape index (κ2) is 7.08. The van der Waals surface area contributed by atoms with Gasteiger partial charge in [-0.3, -0.25) is 4.79 Å². The number of hydrogen-bond acceptors (Lipinski definition) is 4. The highest BCUT2D eigenvalue weighted by atomic mass is 16.1. The van der Waals surface area contributed by atoms with Crippen LogP contribution in [0, 0.1) is 0 Å². The number of amides is 1. The topological polar surface area (TPSA) is 75.7 Å². The first kappa shape index (κ1) is 15.3. The highest BCUT2D eigenvalue weighted by Gasteiger charge is 2.18. The molecule has 0 aliphatic rings. The Kier molecular flexibility index (Phi) is 5.16. The molecule has 0 aliphatic heterocycles. The molecule has 2 aromatic rings. The Morgan fingerprint density at radius 3 is 2.95 bits per heavy atom. The van der Waals surface area contributed by atoms with Gasteiger partial charge in [0.2, 0.25) is 5.91 Å². The first-order valence-electron chi connectivity index (χ1n) is 7.31. The monoisotopic (exact) mass is 289 g/mol. The number of unbranched alkanes of at least 4 members (excludes halogenated alkanes) is 1. The van der Waals surface area contributed by atoms with E-state index in [1.165, 1.54) is 0 Å². The molecule has 0 aliphatic carbocycles. The minimum absolute atomic E-state index is 0.195. The molecule has 6 heteroatoms. The van der Waals surface area contributed by atoms with Crippen LogP contribution in [0.3, 0.4) is 0 Å². The van der Waals surface area contributed by atoms with Gasteiger partial charge in [0.05, 0.1) is 12.2 Å². The molecule has 114 valence electrons. The zero-order valence-corrected chi connectivity index (χ0v) is 12.7. The van der Waals surface area contributed by atoms with Gasteiger partial charge < -0.3 is 20.4 Å². The van der Waals surface area contributed by atoms with Crippen LogP contribution in [-0.2, 0) is 11.3 Å². The van der Waals surface area contributed by atoms with E-state index in [4.69, 9.17) is 5.73 Å². The third kappa shape index (κ3) is 3.52. The van der Waals surface area contributed by atoms with E-state index in [0.29, 0.717) is 6.54 Å². The number of nitrogens with one attached hydrogen (secondary N) is 1. The number of hydrogen-bond donors (Lipinski definition) is 2. The van der Waals surface area contributed by atoms with Crippen LogP contribution in [0.25, 0.3) is 5.65 Å². The molecule has 2 aromatic heterocycles. The minimum atomic E-state index is -0.335. The molecule has 0 saturated carbocycles. The van der Waals surface area contributed by atoms with Gasteiger partial charge in [0, 0.05) is 19.3 Å². The molecule has 0 atom stereocenters. The average molecular weight is 289 g/mol. The van der Waals surface area contributed by atoms with Crippen molar-refractivity contribution in [2.45, 2.75) is 26.3 Å². The lowest BCUT2D eigenvalue weighted by Crippen LogP contribution is -2.35. The molecule has 0 unspecified atom stereocenters. The summed E-state index contributed by atoms with van der Waals surface area (Å²) in [7, 11) is 1.90. The Labute approximate surface area is 124 Å². The van der Waals surface area contributed by atoms with E-state index in [1.807, 2.05) is 40.7 Å². The Hall–Kier alpha value is -2.08. The van der Waals surface area contributed by atoms with Gasteiger partial charge in [-0.05, 0) is 25.6 Å². The number of rotatable bonds is 8. The summed E-state index contributed by atoms with van der Waals surface area (Å²) in [5.74, 6) is 0.501. The molecule has 1 amide bonds. The fourth-order valence-electron chi connectivity index (χ4n) is 2.42. The molecule has 0 bridgehead atoms. The van der Waals surface area contributed by atoms with E-state index in [-0.39, 0.29) is 12.5 Å². The van der Waals surface area contributed by atoms with Crippen molar-refractivity contribution in [1.29, 1.82) is 0 Å². The van der Waals surface area contributed by atoms with Crippen LogP contribution in [0.4, 0.5) is 5.82 Å². The van der Waals surface area contributed by atoms with Crippen LogP contribution < -0.4 is 16.0 Å². The van der Waals surface area contributed by atoms with Crippen LogP contribution in [-0.4, -0.2) is 35.4 Å². The van der Waals surface area contributed by atoms with Crippen molar-refractivity contribution >= 4 is 17.4 Å². The number of fused-ring (bicyclic) bond motifs is 1. The zero-order valence-electron chi connectivity index (χ0n) is 12.7. The Morgan fingerprint density at radius 1 is 1.48 bits per heavy atom. The van der Waals surface area contributed by atoms with E-state index in [9.17, 15) is 4.79 Å². The second-order valence-corrected chi connectivity index (χ2v) is 5.08. The highest BCUT2D eigenvalue weighted by Crippen LogP contribution is 2.22. The van der Waals surface area contributed by atoms with Crippen molar-refractivity contribution in [3.05, 3.63) is 30.1 Å². The molecule has 21 heavy (non-hydrogen) atoms. The predicted molar refractivity (Wildman–Crippen MR) is 84.3 cm³/mol. The fourth-order valence-corrected chi connectivity index (χ4v) is 2.42. The van der Waals surface area contributed by atoms with Crippen molar-refractivity contribution < 1.29 is 4.79 Å². The average Bonchev–Trinajstić information content (AvgIpc) is 2.82. The molecule has 2 heterocycles. The van der Waals surface area contributed by atoms with E-state index in [2.05, 4.69) is 17.2 Å². The first-order valence-corrected chi connectivity index (χ1v) is 7.31. The van der Waals surface area contributed by atoms with Gasteiger partial charge >= 0.3 is 0 Å². The molecule has 3 N–H and O–H groups in total. The zero-order chi connectivity index (χ0) is 15.2. The van der Waals surface area contributed by atoms with E-state index >= 15 is 0 Å². The summed E-state index contributed by atoms with van der Waals surface area (Å²) in [5.41, 5.74) is 7.32. The molecule has 0 saturated heterocycles. The first-order chi connectivity index (χ1) is 10.2. The lowest BCUT2D eigenvalue weighted by Gasteiger charge is -2.22. The van der Waals surface area contributed by atoms with Gasteiger partial charge in [-0.1, -0.05) is 19.4 Å². The third-order valence-electron chi connectivity index (χ3n) is 3.38. The van der Waals surface area contributed by atoms with E-state index in [0.717, 1.165) is 36.5 Å². The molecule has 0 aromatic carbocycles. The van der Waals surface area contributed by atoms with E-state index < -0.39 is 0 Å². The molecular weight excluding hydrogens is 266 g/mol. The van der Waals surface area contributed by atoms with Crippen molar-refractivity contribution in [2.75, 3.05) is 25.0 Å². The maximum Gasteiger partial charge on any atom is 0.236 e. The number of nitrogens with zero attached hydrogens (tertiary/aromatic N) is 3. The normalized spacial score (nSPS) is 11.0. The fraction of sp³-hybridized carbons (Fsp3) is 0.467. The van der Waals surface area contributed by atoms with Gasteiger partial charge in [-0.2, -0.15) is 0 Å². The van der Waals surface area contributed by atoms with Crippen LogP contribution in [0.1, 0.15) is 25.5 Å². The SMILES string of the molecule is CCCCN(CC(N)=O)c1nc2ccccn2c1CNC. The minimum Gasteiger partial charge on any atom is -0.368 e. The lowest BCUT2D eigenvalue weighted by atomic mass is 10.3. The molecule has 6 nitrogen and oxygen atoms in total. The Morgan fingerprint density at radius 2 is 2.29 bits per heavy atom. The van der Waals surface area contributed by atoms with Gasteiger partial charge in [-0.15, -0.1) is 0 Å². The molecule has 0 spiro atoms. The van der Waals surface area contributed by atoms with E-state index in [1.54, 1.807) is 0 Å². The number of aromatic nitrogens is 2. The van der Waals surface area contributed by atoms with Crippen LogP contribution in [0.15, 0.2) is 24.4 Å². The summed E-state index contributed by atoms with van der Waals surface area (Å²) in [5, 5.41) is 3.16. The summed E-state index contributed by atoms with van der Waals surface area (Å²) in [4.78, 5) is 18.0. The maximum atomic E-state index is 11.4. The number of nitrogens with two attached hydrogens (primary N) is 1. The highest BCUT2D eigenvalue weighted by molar-refractivity contribution is 5.79. The predicted octanol–water partition coefficient (Wildman–Crippen LogP) is 1.15. The Bertz CT molecular complexity index is 607. The summed E-state index contributed by atoms with van der Waals surface area (Å²) in [6.07, 6.45) is 4.05. The standard InChI is InChI=1S/C15H23N5O/c1-3-4-8-19(11-13(16)21)15-12(10-17-2)20-9-6-5-7-14(20)18-15/h5-7,9,17H,3-4,8,10-11H2,1-2H3,(H2,16,21). The van der Waals surface area contributed by atoms with Crippen LogP contribution >= 0.6 is 0 Å². The van der Waals surface area contributed by atoms with Crippen molar-refractivity contribution in [2.24, 2.45) is 5.73 Å². The van der Waals surface area contributed by atoms with Gasteiger partial charge in [0.25, 0.3) is 0 Å². The van der Waals surface area contributed by atoms with Gasteiger partial charge in [-0.25, -0.2) is 4.98 Å².